The molecule has 0 bridgehead atoms. The van der Waals surface area contributed by atoms with E-state index in [-0.39, 0.29) is 0 Å². The van der Waals surface area contributed by atoms with Gasteiger partial charge in [-0.05, 0) is 42.3 Å². The minimum absolute atomic E-state index is 0.805. The van der Waals surface area contributed by atoms with Crippen molar-refractivity contribution in [2.75, 3.05) is 0 Å². The maximum absolute atomic E-state index is 6.01. The van der Waals surface area contributed by atoms with Crippen LogP contribution in [0.5, 0.6) is 0 Å². The summed E-state index contributed by atoms with van der Waals surface area (Å²) in [6, 6.07) is 14.1. The third kappa shape index (κ3) is 1.89. The molecule has 1 aromatic carbocycles. The smallest absolute Gasteiger partial charge is 0.163 e. The van der Waals surface area contributed by atoms with Gasteiger partial charge in [-0.25, -0.2) is 0 Å². The van der Waals surface area contributed by atoms with Gasteiger partial charge in [0.05, 0.1) is 5.69 Å². The topological polar surface area (TPSA) is 38.9 Å². The monoisotopic (exact) mass is 274 g/mol. The van der Waals surface area contributed by atoms with Crippen molar-refractivity contribution < 1.29 is 4.42 Å². The van der Waals surface area contributed by atoms with Crippen molar-refractivity contribution in [3.05, 3.63) is 60.4 Å². The number of para-hydroxylation sites is 1. The average Bonchev–Trinajstić information content (AvgIpc) is 2.93. The summed E-state index contributed by atoms with van der Waals surface area (Å²) in [4.78, 5) is 8.97. The Morgan fingerprint density at radius 3 is 2.76 bits per heavy atom. The van der Waals surface area contributed by atoms with Crippen LogP contribution in [0.3, 0.4) is 0 Å². The molecule has 4 aromatic rings. The molecule has 3 nitrogen and oxygen atoms in total. The number of aryl methyl sites for hydroxylation is 1. The van der Waals surface area contributed by atoms with E-state index in [1.807, 2.05) is 48.8 Å². The van der Waals surface area contributed by atoms with Crippen LogP contribution in [0.1, 0.15) is 12.5 Å². The van der Waals surface area contributed by atoms with Crippen molar-refractivity contribution in [2.45, 2.75) is 13.3 Å². The number of benzene rings is 1. The quantitative estimate of drug-likeness (QED) is 0.536. The van der Waals surface area contributed by atoms with Crippen molar-refractivity contribution in [1.82, 2.24) is 9.97 Å². The van der Waals surface area contributed by atoms with Crippen LogP contribution in [0.25, 0.3) is 33.3 Å². The van der Waals surface area contributed by atoms with Gasteiger partial charge in [-0.15, -0.1) is 0 Å². The second-order valence-corrected chi connectivity index (χ2v) is 5.04. The molecule has 3 heterocycles. The Balaban J connectivity index is 2.04. The SMILES string of the molecule is CCc1ccnc(-c2ccnc3c2oc2ccccc23)c1. The zero-order chi connectivity index (χ0) is 14.2. The van der Waals surface area contributed by atoms with Crippen LogP contribution in [-0.2, 0) is 6.42 Å². The van der Waals surface area contributed by atoms with Gasteiger partial charge in [-0.1, -0.05) is 19.1 Å². The third-order valence-corrected chi connectivity index (χ3v) is 3.77. The van der Waals surface area contributed by atoms with Crippen LogP contribution in [0.4, 0.5) is 0 Å². The number of aromatic nitrogens is 2. The minimum atomic E-state index is 0.805. The van der Waals surface area contributed by atoms with Gasteiger partial charge in [-0.2, -0.15) is 0 Å². The van der Waals surface area contributed by atoms with Gasteiger partial charge in [-0.3, -0.25) is 9.97 Å². The summed E-state index contributed by atoms with van der Waals surface area (Å²) in [6.45, 7) is 2.14. The first-order chi connectivity index (χ1) is 10.4. The molecule has 4 rings (SSSR count). The van der Waals surface area contributed by atoms with E-state index in [2.05, 4.69) is 23.0 Å². The molecule has 3 heteroatoms. The number of rotatable bonds is 2. The van der Waals surface area contributed by atoms with Gasteiger partial charge in [0.2, 0.25) is 0 Å². The van der Waals surface area contributed by atoms with Gasteiger partial charge in [0, 0.05) is 23.3 Å². The maximum Gasteiger partial charge on any atom is 0.163 e. The first-order valence-corrected chi connectivity index (χ1v) is 7.08. The molecule has 0 aliphatic carbocycles. The van der Waals surface area contributed by atoms with E-state index in [1.165, 1.54) is 5.56 Å². The molecule has 0 aliphatic rings. The van der Waals surface area contributed by atoms with E-state index in [4.69, 9.17) is 4.42 Å². The normalized spacial score (nSPS) is 11.3. The molecule has 0 amide bonds. The highest BCUT2D eigenvalue weighted by Crippen LogP contribution is 2.33. The second kappa shape index (κ2) is 4.70. The standard InChI is InChI=1S/C18H14N2O/c1-2-12-7-9-19-15(11-12)13-8-10-20-17-14-5-3-4-6-16(14)21-18(13)17/h3-11H,2H2,1H3. The van der Waals surface area contributed by atoms with Gasteiger partial charge >= 0.3 is 0 Å². The summed E-state index contributed by atoms with van der Waals surface area (Å²) in [5, 5.41) is 1.04. The van der Waals surface area contributed by atoms with E-state index in [1.54, 1.807) is 0 Å². The van der Waals surface area contributed by atoms with Crippen LogP contribution in [0, 0.1) is 0 Å². The van der Waals surface area contributed by atoms with Crippen LogP contribution >= 0.6 is 0 Å². The summed E-state index contributed by atoms with van der Waals surface area (Å²) in [5.74, 6) is 0. The predicted molar refractivity (Wildman–Crippen MR) is 84.1 cm³/mol. The first kappa shape index (κ1) is 12.1. The van der Waals surface area contributed by atoms with Crippen LogP contribution in [-0.4, -0.2) is 9.97 Å². The van der Waals surface area contributed by atoms with Gasteiger partial charge < -0.3 is 4.42 Å². The highest BCUT2D eigenvalue weighted by Gasteiger charge is 2.13. The molecule has 0 saturated heterocycles. The molecular formula is C18H14N2O. The second-order valence-electron chi connectivity index (χ2n) is 5.04. The summed E-state index contributed by atoms with van der Waals surface area (Å²) in [6.07, 6.45) is 4.66. The fourth-order valence-corrected chi connectivity index (χ4v) is 2.65. The number of nitrogens with zero attached hydrogens (tertiary/aromatic N) is 2. The molecule has 0 atom stereocenters. The van der Waals surface area contributed by atoms with Crippen LogP contribution in [0.2, 0.25) is 0 Å². The maximum atomic E-state index is 6.01. The van der Waals surface area contributed by atoms with Crippen LogP contribution in [0.15, 0.2) is 59.3 Å². The van der Waals surface area contributed by atoms with E-state index >= 15 is 0 Å². The molecular weight excluding hydrogens is 260 g/mol. The fraction of sp³-hybridized carbons (Fsp3) is 0.111. The molecule has 0 fully saturated rings. The van der Waals surface area contributed by atoms with Gasteiger partial charge in [0.15, 0.2) is 5.58 Å². The van der Waals surface area contributed by atoms with Crippen molar-refractivity contribution in [3.8, 4) is 11.3 Å². The molecule has 0 aliphatic heterocycles. The van der Waals surface area contributed by atoms with Crippen LogP contribution < -0.4 is 0 Å². The molecule has 0 spiro atoms. The Labute approximate surface area is 122 Å². The Morgan fingerprint density at radius 2 is 1.86 bits per heavy atom. The minimum Gasteiger partial charge on any atom is -0.454 e. The molecule has 0 radical (unpaired) electrons. The summed E-state index contributed by atoms with van der Waals surface area (Å²) in [7, 11) is 0. The molecule has 21 heavy (non-hydrogen) atoms. The van der Waals surface area contributed by atoms with Crippen molar-refractivity contribution in [3.63, 3.8) is 0 Å². The number of furan rings is 1. The van der Waals surface area contributed by atoms with E-state index in [9.17, 15) is 0 Å². The molecule has 0 unspecified atom stereocenters. The Kier molecular flexibility index (Phi) is 2.71. The van der Waals surface area contributed by atoms with E-state index in [0.717, 1.165) is 39.7 Å². The first-order valence-electron chi connectivity index (χ1n) is 7.08. The number of hydrogen-bond acceptors (Lipinski definition) is 3. The summed E-state index contributed by atoms with van der Waals surface area (Å²) < 4.78 is 6.01. The highest BCUT2D eigenvalue weighted by atomic mass is 16.3. The molecule has 0 N–H and O–H groups in total. The molecule has 0 saturated carbocycles. The van der Waals surface area contributed by atoms with Crippen molar-refractivity contribution >= 4 is 22.1 Å². The Hall–Kier alpha value is -2.68. The van der Waals surface area contributed by atoms with Crippen molar-refractivity contribution in [2.24, 2.45) is 0 Å². The summed E-state index contributed by atoms with van der Waals surface area (Å²) >= 11 is 0. The number of hydrogen-bond donors (Lipinski definition) is 0. The predicted octanol–water partition coefficient (Wildman–Crippen LogP) is 4.61. The van der Waals surface area contributed by atoms with Gasteiger partial charge in [0.1, 0.15) is 11.1 Å². The lowest BCUT2D eigenvalue weighted by Gasteiger charge is -2.03. The zero-order valence-corrected chi connectivity index (χ0v) is 11.7. The van der Waals surface area contributed by atoms with E-state index < -0.39 is 0 Å². The Morgan fingerprint density at radius 1 is 1.00 bits per heavy atom. The lowest BCUT2D eigenvalue weighted by atomic mass is 10.1. The van der Waals surface area contributed by atoms with E-state index in [0.29, 0.717) is 0 Å². The fourth-order valence-electron chi connectivity index (χ4n) is 2.65. The average molecular weight is 274 g/mol. The Bertz CT molecular complexity index is 940. The largest absolute Gasteiger partial charge is 0.454 e. The number of pyridine rings is 2. The van der Waals surface area contributed by atoms with Crippen molar-refractivity contribution in [1.29, 1.82) is 0 Å². The molecule has 3 aromatic heterocycles. The highest BCUT2D eigenvalue weighted by molar-refractivity contribution is 6.06. The lowest BCUT2D eigenvalue weighted by molar-refractivity contribution is 0.669. The third-order valence-electron chi connectivity index (χ3n) is 3.77. The zero-order valence-electron chi connectivity index (χ0n) is 11.7. The summed E-state index contributed by atoms with van der Waals surface area (Å²) in [5.41, 5.74) is 5.75. The van der Waals surface area contributed by atoms with Gasteiger partial charge in [0.25, 0.3) is 0 Å². The molecule has 102 valence electrons. The number of fused-ring (bicyclic) bond motifs is 3. The lowest BCUT2D eigenvalue weighted by Crippen LogP contribution is -1.88.